The predicted molar refractivity (Wildman–Crippen MR) is 142 cm³/mol. The number of hydrogen-bond acceptors (Lipinski definition) is 4. The first kappa shape index (κ1) is 28.4. The van der Waals surface area contributed by atoms with Crippen molar-refractivity contribution in [3.63, 3.8) is 0 Å². The van der Waals surface area contributed by atoms with Crippen molar-refractivity contribution in [2.45, 2.75) is 53.5 Å². The highest BCUT2D eigenvalue weighted by Gasteiger charge is 2.31. The van der Waals surface area contributed by atoms with Crippen LogP contribution in [0.15, 0.2) is 48.5 Å². The number of anilines is 1. The van der Waals surface area contributed by atoms with Gasteiger partial charge in [-0.3, -0.25) is 13.9 Å². The normalized spacial score (nSPS) is 12.3. The van der Waals surface area contributed by atoms with E-state index in [1.54, 1.807) is 12.1 Å². The van der Waals surface area contributed by atoms with Gasteiger partial charge in [0, 0.05) is 13.1 Å². The number of carbonyl (C=O) groups excluding carboxylic acids is 2. The van der Waals surface area contributed by atoms with Gasteiger partial charge in [-0.05, 0) is 61.4 Å². The number of amides is 2. The molecule has 1 N–H and O–H groups in total. The van der Waals surface area contributed by atoms with Gasteiger partial charge >= 0.3 is 0 Å². The number of carbonyl (C=O) groups is 2. The zero-order valence-corrected chi connectivity index (χ0v) is 22.6. The summed E-state index contributed by atoms with van der Waals surface area (Å²) in [6, 6.07) is 14.5. The number of sulfonamides is 1. The molecule has 192 valence electrons. The largest absolute Gasteiger partial charge is 0.354 e. The molecule has 0 aliphatic rings. The fraction of sp³-hybridized carbons (Fsp3) is 0.481. The zero-order chi connectivity index (χ0) is 26.2. The van der Waals surface area contributed by atoms with Crippen LogP contribution in [0.5, 0.6) is 0 Å². The van der Waals surface area contributed by atoms with Gasteiger partial charge in [0.1, 0.15) is 12.6 Å². The smallest absolute Gasteiger partial charge is 0.244 e. The molecule has 0 heterocycles. The molecule has 0 saturated heterocycles. The standard InChI is InChI=1S/C27H39N3O4S/c1-7-25(27(32)28-18-20(2)3)29(14-13-23-11-9-8-10-12-23)26(31)19-30(35(6,33)34)24-16-21(4)15-22(5)17-24/h8-12,15-17,20,25H,7,13-14,18-19H2,1-6H3,(H,28,32)/t25-/m1/s1. The van der Waals surface area contributed by atoms with Gasteiger partial charge in [-0.2, -0.15) is 0 Å². The maximum Gasteiger partial charge on any atom is 0.244 e. The monoisotopic (exact) mass is 501 g/mol. The average Bonchev–Trinajstić information content (AvgIpc) is 2.77. The highest BCUT2D eigenvalue weighted by Crippen LogP contribution is 2.22. The maximum absolute atomic E-state index is 13.6. The Bertz CT molecular complexity index is 1080. The SMILES string of the molecule is CC[C@H](C(=O)NCC(C)C)N(CCc1ccccc1)C(=O)CN(c1cc(C)cc(C)c1)S(C)(=O)=O. The van der Waals surface area contributed by atoms with Gasteiger partial charge < -0.3 is 10.2 Å². The van der Waals surface area contributed by atoms with E-state index in [4.69, 9.17) is 0 Å². The first-order valence-corrected chi connectivity index (χ1v) is 13.9. The second kappa shape index (κ2) is 12.7. The molecule has 0 spiro atoms. The van der Waals surface area contributed by atoms with Crippen molar-refractivity contribution < 1.29 is 18.0 Å². The average molecular weight is 502 g/mol. The van der Waals surface area contributed by atoms with Crippen molar-refractivity contribution >= 4 is 27.5 Å². The summed E-state index contributed by atoms with van der Waals surface area (Å²) < 4.78 is 26.6. The topological polar surface area (TPSA) is 86.8 Å². The summed E-state index contributed by atoms with van der Waals surface area (Å²) >= 11 is 0. The lowest BCUT2D eigenvalue weighted by molar-refractivity contribution is -0.139. The molecule has 7 nitrogen and oxygen atoms in total. The van der Waals surface area contributed by atoms with Crippen LogP contribution in [0.3, 0.4) is 0 Å². The summed E-state index contributed by atoms with van der Waals surface area (Å²) in [5.74, 6) is -0.354. The van der Waals surface area contributed by atoms with Crippen LogP contribution in [-0.2, 0) is 26.0 Å². The minimum Gasteiger partial charge on any atom is -0.354 e. The van der Waals surface area contributed by atoms with Gasteiger partial charge in [0.2, 0.25) is 21.8 Å². The molecule has 0 bridgehead atoms. The van der Waals surface area contributed by atoms with Gasteiger partial charge in [0.15, 0.2) is 0 Å². The first-order chi connectivity index (χ1) is 16.4. The summed E-state index contributed by atoms with van der Waals surface area (Å²) in [6.07, 6.45) is 2.08. The number of nitrogens with zero attached hydrogens (tertiary/aromatic N) is 2. The first-order valence-electron chi connectivity index (χ1n) is 12.1. The molecule has 0 aliphatic heterocycles. The summed E-state index contributed by atoms with van der Waals surface area (Å²) in [6.45, 7) is 10.1. The van der Waals surface area contributed by atoms with Crippen LogP contribution in [0, 0.1) is 19.8 Å². The van der Waals surface area contributed by atoms with Crippen molar-refractivity contribution in [3.05, 3.63) is 65.2 Å². The van der Waals surface area contributed by atoms with E-state index in [1.807, 2.05) is 71.0 Å². The van der Waals surface area contributed by atoms with Crippen molar-refractivity contribution in [1.82, 2.24) is 10.2 Å². The van der Waals surface area contributed by atoms with Crippen molar-refractivity contribution in [3.8, 4) is 0 Å². The minimum absolute atomic E-state index is 0.222. The molecule has 2 aromatic carbocycles. The number of benzene rings is 2. The fourth-order valence-electron chi connectivity index (χ4n) is 4.03. The van der Waals surface area contributed by atoms with Crippen molar-refractivity contribution in [2.75, 3.05) is 30.2 Å². The van der Waals surface area contributed by atoms with Crippen LogP contribution in [0.4, 0.5) is 5.69 Å². The maximum atomic E-state index is 13.6. The summed E-state index contributed by atoms with van der Waals surface area (Å²) in [5.41, 5.74) is 3.29. The van der Waals surface area contributed by atoms with Crippen molar-refractivity contribution in [1.29, 1.82) is 0 Å². The molecule has 2 amide bonds. The highest BCUT2D eigenvalue weighted by atomic mass is 32.2. The molecule has 1 atom stereocenters. The highest BCUT2D eigenvalue weighted by molar-refractivity contribution is 7.92. The quantitative estimate of drug-likeness (QED) is 0.481. The molecule has 35 heavy (non-hydrogen) atoms. The van der Waals surface area contributed by atoms with E-state index in [9.17, 15) is 18.0 Å². The fourth-order valence-corrected chi connectivity index (χ4v) is 4.86. The Kier molecular flexibility index (Phi) is 10.3. The van der Waals surface area contributed by atoms with Crippen LogP contribution in [-0.4, -0.2) is 57.1 Å². The Morgan fingerprint density at radius 3 is 2.11 bits per heavy atom. The van der Waals surface area contributed by atoms with E-state index in [-0.39, 0.29) is 18.4 Å². The van der Waals surface area contributed by atoms with E-state index >= 15 is 0 Å². The number of nitrogens with one attached hydrogen (secondary N) is 1. The predicted octanol–water partition coefficient (Wildman–Crippen LogP) is 3.69. The summed E-state index contributed by atoms with van der Waals surface area (Å²) in [4.78, 5) is 28.2. The Hall–Kier alpha value is -2.87. The van der Waals surface area contributed by atoms with Crippen LogP contribution < -0.4 is 9.62 Å². The lowest BCUT2D eigenvalue weighted by Crippen LogP contribution is -2.53. The lowest BCUT2D eigenvalue weighted by Gasteiger charge is -2.33. The third-order valence-corrected chi connectivity index (χ3v) is 6.87. The second-order valence-corrected chi connectivity index (χ2v) is 11.4. The minimum atomic E-state index is -3.74. The van der Waals surface area contributed by atoms with Gasteiger partial charge in [-0.25, -0.2) is 8.42 Å². The van der Waals surface area contributed by atoms with Crippen LogP contribution in [0.25, 0.3) is 0 Å². The molecule has 0 radical (unpaired) electrons. The second-order valence-electron chi connectivity index (χ2n) is 9.50. The molecular weight excluding hydrogens is 462 g/mol. The molecule has 0 aliphatic carbocycles. The van der Waals surface area contributed by atoms with E-state index in [0.29, 0.717) is 31.6 Å². The van der Waals surface area contributed by atoms with Crippen LogP contribution in [0.1, 0.15) is 43.9 Å². The molecule has 0 unspecified atom stereocenters. The molecular formula is C27H39N3O4S. The summed E-state index contributed by atoms with van der Waals surface area (Å²) in [7, 11) is -3.74. The van der Waals surface area contributed by atoms with Crippen molar-refractivity contribution in [2.24, 2.45) is 5.92 Å². The zero-order valence-electron chi connectivity index (χ0n) is 21.7. The van der Waals surface area contributed by atoms with Crippen LogP contribution in [0.2, 0.25) is 0 Å². The molecule has 0 fully saturated rings. The molecule has 8 heteroatoms. The third kappa shape index (κ3) is 8.69. The van der Waals surface area contributed by atoms with E-state index in [0.717, 1.165) is 27.3 Å². The molecule has 2 aromatic rings. The Morgan fingerprint density at radius 1 is 1.00 bits per heavy atom. The molecule has 0 saturated carbocycles. The van der Waals surface area contributed by atoms with Gasteiger partial charge in [0.25, 0.3) is 0 Å². The van der Waals surface area contributed by atoms with E-state index in [2.05, 4.69) is 5.32 Å². The Labute approximate surface area is 210 Å². The Morgan fingerprint density at radius 2 is 1.60 bits per heavy atom. The van der Waals surface area contributed by atoms with E-state index < -0.39 is 22.0 Å². The number of aryl methyl sites for hydroxylation is 2. The molecule has 2 rings (SSSR count). The molecule has 0 aromatic heterocycles. The number of rotatable bonds is 12. The van der Waals surface area contributed by atoms with Gasteiger partial charge in [0.05, 0.1) is 11.9 Å². The Balaban J connectivity index is 2.37. The number of hydrogen-bond donors (Lipinski definition) is 1. The lowest BCUT2D eigenvalue weighted by atomic mass is 10.1. The van der Waals surface area contributed by atoms with Gasteiger partial charge in [-0.1, -0.05) is 57.2 Å². The van der Waals surface area contributed by atoms with E-state index in [1.165, 1.54) is 4.90 Å². The van der Waals surface area contributed by atoms with Gasteiger partial charge in [-0.15, -0.1) is 0 Å². The summed E-state index contributed by atoms with van der Waals surface area (Å²) in [5, 5.41) is 2.93. The third-order valence-electron chi connectivity index (χ3n) is 5.73. The van der Waals surface area contributed by atoms with Crippen LogP contribution >= 0.6 is 0 Å².